The molecule has 7 heteroatoms. The van der Waals surface area contributed by atoms with E-state index in [0.29, 0.717) is 26.7 Å². The van der Waals surface area contributed by atoms with E-state index >= 15 is 0 Å². The second-order valence-electron chi connectivity index (χ2n) is 8.13. The lowest BCUT2D eigenvalue weighted by Gasteiger charge is -2.35. The number of phenols is 1. The topological polar surface area (TPSA) is 62.1 Å². The van der Waals surface area contributed by atoms with Gasteiger partial charge in [-0.15, -0.1) is 0 Å². The van der Waals surface area contributed by atoms with Gasteiger partial charge < -0.3 is 9.84 Å². The van der Waals surface area contributed by atoms with Crippen molar-refractivity contribution in [2.24, 2.45) is 10.9 Å². The second kappa shape index (κ2) is 10.3. The van der Waals surface area contributed by atoms with Crippen molar-refractivity contribution in [3.8, 4) is 11.5 Å². The van der Waals surface area contributed by atoms with Crippen LogP contribution in [0.2, 0.25) is 0 Å². The normalized spacial score (nSPS) is 23.8. The van der Waals surface area contributed by atoms with Crippen LogP contribution in [0.3, 0.4) is 0 Å². The third-order valence-corrected chi connectivity index (χ3v) is 7.67. The summed E-state index contributed by atoms with van der Waals surface area (Å²) in [5, 5.41) is 11.0. The molecule has 168 valence electrons. The number of amidine groups is 1. The zero-order valence-corrected chi connectivity index (χ0v) is 21.2. The van der Waals surface area contributed by atoms with E-state index in [-0.39, 0.29) is 17.7 Å². The van der Waals surface area contributed by atoms with Crippen LogP contribution in [0, 0.1) is 9.49 Å². The molecule has 2 aromatic rings. The highest BCUT2D eigenvalue weighted by Gasteiger charge is 2.41. The Labute approximate surface area is 207 Å². The molecule has 1 aliphatic carbocycles. The third-order valence-electron chi connectivity index (χ3n) is 5.86. The molecule has 5 nitrogen and oxygen atoms in total. The van der Waals surface area contributed by atoms with Gasteiger partial charge in [-0.1, -0.05) is 38.0 Å². The number of ether oxygens (including phenoxy) is 1. The van der Waals surface area contributed by atoms with Crippen LogP contribution in [0.15, 0.2) is 52.4 Å². The van der Waals surface area contributed by atoms with E-state index < -0.39 is 0 Å². The van der Waals surface area contributed by atoms with Crippen LogP contribution in [0.1, 0.15) is 45.1 Å². The first-order valence-electron chi connectivity index (χ1n) is 11.0. The monoisotopic (exact) mass is 562 g/mol. The molecular weight excluding hydrogens is 535 g/mol. The minimum Gasteiger partial charge on any atom is -0.504 e. The quantitative estimate of drug-likeness (QED) is 0.331. The number of carbonyl (C=O) groups is 1. The van der Waals surface area contributed by atoms with Crippen LogP contribution >= 0.6 is 34.4 Å². The summed E-state index contributed by atoms with van der Waals surface area (Å²) < 4.78 is 6.26. The Hall–Kier alpha value is -2.00. The minimum absolute atomic E-state index is 0.00414. The van der Waals surface area contributed by atoms with Gasteiger partial charge in [0.2, 0.25) is 0 Å². The number of hydrogen-bond acceptors (Lipinski definition) is 5. The van der Waals surface area contributed by atoms with Gasteiger partial charge in [0.25, 0.3) is 5.91 Å². The molecule has 1 aliphatic heterocycles. The van der Waals surface area contributed by atoms with Crippen molar-refractivity contribution in [3.05, 3.63) is 56.5 Å². The lowest BCUT2D eigenvalue weighted by Crippen LogP contribution is -2.44. The standard InChI is InChI=1S/C25H27IN2O3S/c1-3-31-21-14-17(13-19(26)23(21)29)15-22-24(30)28(20-12-8-7-9-16(20)2)25(32-22)27-18-10-5-4-6-11-18/h4-6,10-11,13-16,20,29H,3,7-9,12H2,1-2H3/b22-15-,27-25?/t16-,20+/m1/s1. The molecule has 2 aromatic carbocycles. The summed E-state index contributed by atoms with van der Waals surface area (Å²) in [5.41, 5.74) is 1.67. The molecule has 4 rings (SSSR count). The Balaban J connectivity index is 1.73. The number of halogens is 1. The van der Waals surface area contributed by atoms with Gasteiger partial charge in [0.1, 0.15) is 0 Å². The van der Waals surface area contributed by atoms with Crippen LogP contribution in [-0.4, -0.2) is 33.7 Å². The van der Waals surface area contributed by atoms with Crippen LogP contribution in [0.25, 0.3) is 6.08 Å². The number of phenolic OH excluding ortho intramolecular Hbond substituents is 1. The van der Waals surface area contributed by atoms with Gasteiger partial charge in [-0.25, -0.2) is 4.99 Å². The molecule has 0 bridgehead atoms. The number of aromatic hydroxyl groups is 1. The number of aliphatic imine (C=N–C) groups is 1. The number of carbonyl (C=O) groups excluding carboxylic acids is 1. The van der Waals surface area contributed by atoms with Crippen molar-refractivity contribution >= 4 is 57.2 Å². The Bertz CT molecular complexity index is 1050. The van der Waals surface area contributed by atoms with E-state index in [9.17, 15) is 9.90 Å². The highest BCUT2D eigenvalue weighted by atomic mass is 127. The summed E-state index contributed by atoms with van der Waals surface area (Å²) in [5.74, 6) is 0.999. The summed E-state index contributed by atoms with van der Waals surface area (Å²) in [6, 6.07) is 13.6. The number of thioether (sulfide) groups is 1. The summed E-state index contributed by atoms with van der Waals surface area (Å²) >= 11 is 3.51. The van der Waals surface area contributed by atoms with E-state index in [1.807, 2.05) is 54.3 Å². The number of benzene rings is 2. The van der Waals surface area contributed by atoms with Crippen molar-refractivity contribution in [1.29, 1.82) is 0 Å². The maximum absolute atomic E-state index is 13.6. The van der Waals surface area contributed by atoms with Gasteiger partial charge in [0, 0.05) is 6.04 Å². The summed E-state index contributed by atoms with van der Waals surface area (Å²) in [7, 11) is 0. The highest BCUT2D eigenvalue weighted by Crippen LogP contribution is 2.41. The molecule has 2 atom stereocenters. The molecule has 32 heavy (non-hydrogen) atoms. The molecule has 0 spiro atoms. The van der Waals surface area contributed by atoms with Gasteiger partial charge in [-0.3, -0.25) is 9.69 Å². The van der Waals surface area contributed by atoms with Crippen LogP contribution in [0.5, 0.6) is 11.5 Å². The zero-order chi connectivity index (χ0) is 22.7. The molecule has 1 saturated carbocycles. The Morgan fingerprint density at radius 1 is 1.25 bits per heavy atom. The van der Waals surface area contributed by atoms with Crippen LogP contribution in [-0.2, 0) is 4.79 Å². The van der Waals surface area contributed by atoms with Crippen molar-refractivity contribution in [3.63, 3.8) is 0 Å². The molecule has 1 saturated heterocycles. The first-order chi connectivity index (χ1) is 15.5. The van der Waals surface area contributed by atoms with Gasteiger partial charge in [0.15, 0.2) is 16.7 Å². The molecule has 1 N–H and O–H groups in total. The molecular formula is C25H27IN2O3S. The molecule has 0 aromatic heterocycles. The average molecular weight is 562 g/mol. The fourth-order valence-corrected chi connectivity index (χ4v) is 5.91. The Kier molecular flexibility index (Phi) is 7.45. The van der Waals surface area contributed by atoms with Crippen LogP contribution < -0.4 is 4.74 Å². The minimum atomic E-state index is 0.00414. The van der Waals surface area contributed by atoms with Crippen molar-refractivity contribution in [2.45, 2.75) is 45.6 Å². The molecule has 0 radical (unpaired) electrons. The first kappa shape index (κ1) is 23.2. The van der Waals surface area contributed by atoms with E-state index in [2.05, 4.69) is 29.5 Å². The second-order valence-corrected chi connectivity index (χ2v) is 10.3. The van der Waals surface area contributed by atoms with Gasteiger partial charge in [-0.05, 0) is 95.9 Å². The molecule has 1 heterocycles. The highest BCUT2D eigenvalue weighted by molar-refractivity contribution is 14.1. The predicted octanol–water partition coefficient (Wildman–Crippen LogP) is 6.58. The van der Waals surface area contributed by atoms with E-state index in [0.717, 1.165) is 35.7 Å². The smallest absolute Gasteiger partial charge is 0.267 e. The zero-order valence-electron chi connectivity index (χ0n) is 18.3. The van der Waals surface area contributed by atoms with Crippen molar-refractivity contribution in [1.82, 2.24) is 4.90 Å². The third kappa shape index (κ3) is 4.98. The molecule has 2 aliphatic rings. The molecule has 1 amide bonds. The van der Waals surface area contributed by atoms with E-state index in [1.165, 1.54) is 18.2 Å². The van der Waals surface area contributed by atoms with Gasteiger partial charge in [-0.2, -0.15) is 0 Å². The van der Waals surface area contributed by atoms with Crippen molar-refractivity contribution in [2.75, 3.05) is 6.61 Å². The number of nitrogens with zero attached hydrogens (tertiary/aromatic N) is 2. The number of amides is 1. The van der Waals surface area contributed by atoms with E-state index in [4.69, 9.17) is 9.73 Å². The lowest BCUT2D eigenvalue weighted by atomic mass is 9.85. The summed E-state index contributed by atoms with van der Waals surface area (Å²) in [6.45, 7) is 4.57. The van der Waals surface area contributed by atoms with E-state index in [1.54, 1.807) is 6.07 Å². The van der Waals surface area contributed by atoms with Gasteiger partial charge >= 0.3 is 0 Å². The largest absolute Gasteiger partial charge is 0.504 e. The van der Waals surface area contributed by atoms with Crippen LogP contribution in [0.4, 0.5) is 5.69 Å². The lowest BCUT2D eigenvalue weighted by molar-refractivity contribution is -0.124. The first-order valence-corrected chi connectivity index (χ1v) is 12.9. The fourth-order valence-electron chi connectivity index (χ4n) is 4.24. The van der Waals surface area contributed by atoms with Gasteiger partial charge in [0.05, 0.1) is 20.8 Å². The average Bonchev–Trinajstić information content (AvgIpc) is 3.07. The molecule has 2 fully saturated rings. The summed E-state index contributed by atoms with van der Waals surface area (Å²) in [4.78, 5) is 21.0. The molecule has 0 unspecified atom stereocenters. The maximum atomic E-state index is 13.6. The SMILES string of the molecule is CCOc1cc(/C=C2\SC(=Nc3ccccc3)N([C@H]3CCCC[C@H]3C)C2=O)cc(I)c1O. The predicted molar refractivity (Wildman–Crippen MR) is 139 cm³/mol. The number of hydrogen-bond donors (Lipinski definition) is 1. The Morgan fingerprint density at radius 2 is 2.00 bits per heavy atom. The fraction of sp³-hybridized carbons (Fsp3) is 0.360. The number of para-hydroxylation sites is 1. The number of rotatable bonds is 5. The maximum Gasteiger partial charge on any atom is 0.267 e. The Morgan fingerprint density at radius 3 is 2.72 bits per heavy atom. The summed E-state index contributed by atoms with van der Waals surface area (Å²) in [6.07, 6.45) is 6.36. The van der Waals surface area contributed by atoms with Crippen molar-refractivity contribution < 1.29 is 14.6 Å².